The Balaban J connectivity index is 1.67. The fourth-order valence-corrected chi connectivity index (χ4v) is 3.48. The van der Waals surface area contributed by atoms with Crippen molar-refractivity contribution in [1.29, 1.82) is 0 Å². The lowest BCUT2D eigenvalue weighted by molar-refractivity contribution is 1.11. The van der Waals surface area contributed by atoms with E-state index in [0.717, 1.165) is 44.6 Å². The van der Waals surface area contributed by atoms with Gasteiger partial charge in [-0.15, -0.1) is 0 Å². The van der Waals surface area contributed by atoms with Gasteiger partial charge in [-0.2, -0.15) is 0 Å². The number of halogens is 1. The molecular weight excluding hydrogens is 370 g/mol. The molecule has 0 spiro atoms. The van der Waals surface area contributed by atoms with Crippen LogP contribution in [-0.2, 0) is 6.54 Å². The normalized spacial score (nSPS) is 11.2. The van der Waals surface area contributed by atoms with E-state index in [0.29, 0.717) is 11.6 Å². The number of aromatic nitrogens is 4. The molecule has 28 heavy (non-hydrogen) atoms. The van der Waals surface area contributed by atoms with Crippen LogP contribution in [-0.4, -0.2) is 19.9 Å². The topological polar surface area (TPSA) is 66.5 Å². The number of aromatic amines is 1. The summed E-state index contributed by atoms with van der Waals surface area (Å²) in [5.74, 6) is 0.768. The molecule has 3 aromatic heterocycles. The second-order valence-electron chi connectivity index (χ2n) is 6.53. The molecular formula is C22H16ClN5. The van der Waals surface area contributed by atoms with Crippen LogP contribution in [0.15, 0.2) is 73.2 Å². The third-order valence-electron chi connectivity index (χ3n) is 4.67. The molecule has 5 aromatic rings. The van der Waals surface area contributed by atoms with E-state index in [1.54, 1.807) is 6.20 Å². The van der Waals surface area contributed by atoms with Gasteiger partial charge >= 0.3 is 0 Å². The highest BCUT2D eigenvalue weighted by Gasteiger charge is 2.14. The number of nitrogens with zero attached hydrogens (tertiary/aromatic N) is 3. The van der Waals surface area contributed by atoms with Gasteiger partial charge in [0.05, 0.1) is 27.8 Å². The third kappa shape index (κ3) is 3.06. The van der Waals surface area contributed by atoms with Crippen LogP contribution in [0.4, 0.5) is 5.69 Å². The lowest BCUT2D eigenvalue weighted by atomic mass is 10.1. The van der Waals surface area contributed by atoms with Crippen molar-refractivity contribution in [3.05, 3.63) is 83.8 Å². The van der Waals surface area contributed by atoms with Crippen molar-refractivity contribution in [2.24, 2.45) is 0 Å². The summed E-state index contributed by atoms with van der Waals surface area (Å²) in [5, 5.41) is 5.16. The molecule has 0 saturated heterocycles. The van der Waals surface area contributed by atoms with Crippen LogP contribution < -0.4 is 5.32 Å². The number of rotatable bonds is 4. The van der Waals surface area contributed by atoms with Gasteiger partial charge in [0.2, 0.25) is 0 Å². The maximum atomic E-state index is 6.28. The van der Waals surface area contributed by atoms with Crippen LogP contribution >= 0.6 is 11.6 Å². The first-order valence-electron chi connectivity index (χ1n) is 8.94. The molecule has 0 atom stereocenters. The van der Waals surface area contributed by atoms with E-state index >= 15 is 0 Å². The summed E-state index contributed by atoms with van der Waals surface area (Å²) in [6.07, 6.45) is 5.47. The summed E-state index contributed by atoms with van der Waals surface area (Å²) >= 11 is 6.28. The number of para-hydroxylation sites is 2. The number of benzene rings is 2. The van der Waals surface area contributed by atoms with E-state index in [-0.39, 0.29) is 0 Å². The largest absolute Gasteiger partial charge is 0.380 e. The molecule has 0 unspecified atom stereocenters. The Morgan fingerprint density at radius 2 is 1.89 bits per heavy atom. The predicted molar refractivity (Wildman–Crippen MR) is 113 cm³/mol. The van der Waals surface area contributed by atoms with Gasteiger partial charge in [0.1, 0.15) is 5.82 Å². The summed E-state index contributed by atoms with van der Waals surface area (Å²) in [6, 6.07) is 17.6. The van der Waals surface area contributed by atoms with Gasteiger partial charge in [0.25, 0.3) is 0 Å². The highest BCUT2D eigenvalue weighted by molar-refractivity contribution is 6.31. The van der Waals surface area contributed by atoms with Crippen molar-refractivity contribution in [3.8, 4) is 11.4 Å². The van der Waals surface area contributed by atoms with Gasteiger partial charge in [0.15, 0.2) is 0 Å². The fraction of sp³-hybridized carbons (Fsp3) is 0.0455. The third-order valence-corrected chi connectivity index (χ3v) is 4.90. The van der Waals surface area contributed by atoms with E-state index in [9.17, 15) is 0 Å². The molecule has 2 N–H and O–H groups in total. The Morgan fingerprint density at radius 1 is 0.964 bits per heavy atom. The zero-order valence-corrected chi connectivity index (χ0v) is 15.6. The molecule has 5 rings (SSSR count). The van der Waals surface area contributed by atoms with Crippen molar-refractivity contribution >= 4 is 39.2 Å². The van der Waals surface area contributed by atoms with Crippen LogP contribution in [0, 0.1) is 0 Å². The van der Waals surface area contributed by atoms with Crippen LogP contribution in [0.25, 0.3) is 33.3 Å². The molecule has 0 aliphatic carbocycles. The number of fused-ring (bicyclic) bond motifs is 2. The van der Waals surface area contributed by atoms with Crippen molar-refractivity contribution in [3.63, 3.8) is 0 Å². The van der Waals surface area contributed by atoms with Crippen LogP contribution in [0.1, 0.15) is 5.56 Å². The van der Waals surface area contributed by atoms with Crippen molar-refractivity contribution in [1.82, 2.24) is 19.9 Å². The Morgan fingerprint density at radius 3 is 2.75 bits per heavy atom. The highest BCUT2D eigenvalue weighted by Crippen LogP contribution is 2.34. The van der Waals surface area contributed by atoms with Crippen LogP contribution in [0.2, 0.25) is 5.02 Å². The monoisotopic (exact) mass is 385 g/mol. The number of pyridine rings is 2. The SMILES string of the molecule is Clc1ccc2ncc(-c3nc4ccccc4[nH]3)c(NCc3cccnc3)c2c1. The summed E-state index contributed by atoms with van der Waals surface area (Å²) in [4.78, 5) is 16.9. The van der Waals surface area contributed by atoms with Crippen molar-refractivity contribution < 1.29 is 0 Å². The van der Waals surface area contributed by atoms with Crippen molar-refractivity contribution in [2.45, 2.75) is 6.54 Å². The molecule has 0 saturated carbocycles. The number of H-pyrrole nitrogens is 1. The summed E-state index contributed by atoms with van der Waals surface area (Å²) < 4.78 is 0. The van der Waals surface area contributed by atoms with Gasteiger partial charge in [0, 0.05) is 35.5 Å². The highest BCUT2D eigenvalue weighted by atomic mass is 35.5. The second kappa shape index (κ2) is 6.94. The molecule has 5 nitrogen and oxygen atoms in total. The molecule has 0 radical (unpaired) electrons. The Labute approximate surface area is 166 Å². The van der Waals surface area contributed by atoms with E-state index < -0.39 is 0 Å². The first-order chi connectivity index (χ1) is 13.8. The first-order valence-corrected chi connectivity index (χ1v) is 9.32. The van der Waals surface area contributed by atoms with E-state index in [4.69, 9.17) is 16.6 Å². The number of nitrogens with one attached hydrogen (secondary N) is 2. The molecule has 3 heterocycles. The predicted octanol–water partition coefficient (Wildman–Crippen LogP) is 5.44. The number of hydrogen-bond acceptors (Lipinski definition) is 4. The molecule has 0 amide bonds. The maximum Gasteiger partial charge on any atom is 0.142 e. The smallest absolute Gasteiger partial charge is 0.142 e. The second-order valence-corrected chi connectivity index (χ2v) is 6.96. The van der Waals surface area contributed by atoms with Crippen LogP contribution in [0.5, 0.6) is 0 Å². The van der Waals surface area contributed by atoms with E-state index in [2.05, 4.69) is 20.3 Å². The van der Waals surface area contributed by atoms with E-state index in [1.807, 2.05) is 67.0 Å². The molecule has 0 bridgehead atoms. The van der Waals surface area contributed by atoms with Gasteiger partial charge in [-0.3, -0.25) is 9.97 Å². The van der Waals surface area contributed by atoms with Gasteiger partial charge in [-0.05, 0) is 42.0 Å². The van der Waals surface area contributed by atoms with Crippen molar-refractivity contribution in [2.75, 3.05) is 5.32 Å². The minimum absolute atomic E-state index is 0.632. The number of imidazole rings is 1. The van der Waals surface area contributed by atoms with Gasteiger partial charge < -0.3 is 10.3 Å². The molecule has 6 heteroatoms. The molecule has 0 aliphatic heterocycles. The zero-order valence-electron chi connectivity index (χ0n) is 14.9. The molecule has 0 aliphatic rings. The molecule has 2 aromatic carbocycles. The lowest BCUT2D eigenvalue weighted by Crippen LogP contribution is -2.03. The summed E-state index contributed by atoms with van der Waals surface area (Å²) in [6.45, 7) is 0.632. The van der Waals surface area contributed by atoms with E-state index in [1.165, 1.54) is 0 Å². The number of anilines is 1. The maximum absolute atomic E-state index is 6.28. The lowest BCUT2D eigenvalue weighted by Gasteiger charge is -2.14. The molecule has 136 valence electrons. The average molecular weight is 386 g/mol. The fourth-order valence-electron chi connectivity index (χ4n) is 3.31. The Hall–Kier alpha value is -3.44. The van der Waals surface area contributed by atoms with Gasteiger partial charge in [-0.25, -0.2) is 4.98 Å². The summed E-state index contributed by atoms with van der Waals surface area (Å²) in [7, 11) is 0. The minimum Gasteiger partial charge on any atom is -0.380 e. The van der Waals surface area contributed by atoms with Crippen LogP contribution in [0.3, 0.4) is 0 Å². The quantitative estimate of drug-likeness (QED) is 0.432. The number of hydrogen-bond donors (Lipinski definition) is 2. The minimum atomic E-state index is 0.632. The summed E-state index contributed by atoms with van der Waals surface area (Å²) in [5.41, 5.74) is 5.71. The Kier molecular flexibility index (Phi) is 4.14. The Bertz CT molecular complexity index is 1250. The average Bonchev–Trinajstić information content (AvgIpc) is 3.16. The van der Waals surface area contributed by atoms with Gasteiger partial charge in [-0.1, -0.05) is 29.8 Å². The first kappa shape index (κ1) is 16.7. The zero-order chi connectivity index (χ0) is 18.9. The molecule has 0 fully saturated rings. The standard InChI is InChI=1S/C22H16ClN5/c23-15-7-8-18-16(10-15)21(26-12-14-4-3-9-24-11-14)17(13-25-18)22-27-19-5-1-2-6-20(19)28-22/h1-11,13H,12H2,(H,25,26)(H,27,28).